The van der Waals surface area contributed by atoms with Crippen molar-refractivity contribution in [3.8, 4) is 0 Å². The average molecular weight is 329 g/mol. The number of pyridine rings is 1. The molecule has 0 saturated carbocycles. The second-order valence-electron chi connectivity index (χ2n) is 4.04. The van der Waals surface area contributed by atoms with Gasteiger partial charge in [0.15, 0.2) is 0 Å². The molecule has 1 amide bonds. The Bertz CT molecular complexity index is 785. The summed E-state index contributed by atoms with van der Waals surface area (Å²) in [6, 6.07) is 8.83. The van der Waals surface area contributed by atoms with Gasteiger partial charge in [-0.25, -0.2) is 4.98 Å². The molecule has 0 aliphatic heterocycles. The highest BCUT2D eigenvalue weighted by molar-refractivity contribution is 9.10. The molecule has 20 heavy (non-hydrogen) atoms. The maximum atomic E-state index is 12.3. The Morgan fingerprint density at radius 3 is 2.75 bits per heavy atom. The second-order valence-corrected chi connectivity index (χ2v) is 4.96. The van der Waals surface area contributed by atoms with Crippen LogP contribution in [0.4, 0.5) is 5.82 Å². The number of carbonyl (C=O) groups excluding carboxylic acids is 1. The Kier molecular flexibility index (Phi) is 3.39. The quantitative estimate of drug-likeness (QED) is 0.785. The summed E-state index contributed by atoms with van der Waals surface area (Å²) in [7, 11) is 0. The standard InChI is InChI=1S/C14H9BrN4O/c15-9-4-5-17-12(8-9)19-14(20)10-2-1-3-11-13(10)18-7-6-16-11/h1-8H,(H,17,19,20). The minimum absolute atomic E-state index is 0.262. The van der Waals surface area contributed by atoms with Crippen LogP contribution < -0.4 is 5.32 Å². The SMILES string of the molecule is O=C(Nc1cc(Br)ccn1)c1cccc2nccnc12. The Morgan fingerprint density at radius 2 is 1.90 bits per heavy atom. The summed E-state index contributed by atoms with van der Waals surface area (Å²) >= 11 is 3.33. The third kappa shape index (κ3) is 2.50. The number of rotatable bonds is 2. The van der Waals surface area contributed by atoms with Crippen molar-refractivity contribution in [3.63, 3.8) is 0 Å². The molecule has 0 atom stereocenters. The first-order chi connectivity index (χ1) is 9.74. The van der Waals surface area contributed by atoms with Crippen LogP contribution in [0.5, 0.6) is 0 Å². The number of para-hydroxylation sites is 1. The van der Waals surface area contributed by atoms with Gasteiger partial charge >= 0.3 is 0 Å². The van der Waals surface area contributed by atoms with Crippen LogP contribution in [0.1, 0.15) is 10.4 Å². The number of benzene rings is 1. The summed E-state index contributed by atoms with van der Waals surface area (Å²) in [5.41, 5.74) is 1.72. The average Bonchev–Trinajstić information content (AvgIpc) is 2.46. The molecule has 1 aromatic carbocycles. The molecule has 98 valence electrons. The smallest absolute Gasteiger partial charge is 0.259 e. The van der Waals surface area contributed by atoms with Crippen LogP contribution in [-0.4, -0.2) is 20.9 Å². The molecule has 1 N–H and O–H groups in total. The Hall–Kier alpha value is -2.34. The Morgan fingerprint density at radius 1 is 1.05 bits per heavy atom. The first-order valence-electron chi connectivity index (χ1n) is 5.87. The molecule has 6 heteroatoms. The normalized spacial score (nSPS) is 10.4. The van der Waals surface area contributed by atoms with Crippen molar-refractivity contribution in [2.45, 2.75) is 0 Å². The maximum absolute atomic E-state index is 12.3. The van der Waals surface area contributed by atoms with Crippen LogP contribution in [0.15, 0.2) is 53.4 Å². The van der Waals surface area contributed by atoms with E-state index < -0.39 is 0 Å². The molecule has 3 aromatic rings. The minimum Gasteiger partial charge on any atom is -0.306 e. The van der Waals surface area contributed by atoms with Crippen LogP contribution in [0, 0.1) is 0 Å². The van der Waals surface area contributed by atoms with Crippen molar-refractivity contribution in [1.29, 1.82) is 0 Å². The summed E-state index contributed by atoms with van der Waals surface area (Å²) in [5, 5.41) is 2.74. The number of hydrogen-bond donors (Lipinski definition) is 1. The van der Waals surface area contributed by atoms with Crippen LogP contribution in [0.3, 0.4) is 0 Å². The highest BCUT2D eigenvalue weighted by Gasteiger charge is 2.12. The number of nitrogens with one attached hydrogen (secondary N) is 1. The maximum Gasteiger partial charge on any atom is 0.259 e. The van der Waals surface area contributed by atoms with Gasteiger partial charge in [-0.3, -0.25) is 14.8 Å². The fourth-order valence-corrected chi connectivity index (χ4v) is 2.17. The molecule has 0 spiro atoms. The molecule has 0 fully saturated rings. The van der Waals surface area contributed by atoms with Crippen LogP contribution >= 0.6 is 15.9 Å². The number of aromatic nitrogens is 3. The Labute approximate surface area is 123 Å². The highest BCUT2D eigenvalue weighted by Crippen LogP contribution is 2.17. The molecule has 0 radical (unpaired) electrons. The summed E-state index contributed by atoms with van der Waals surface area (Å²) in [5.74, 6) is 0.215. The predicted molar refractivity (Wildman–Crippen MR) is 79.4 cm³/mol. The van der Waals surface area contributed by atoms with E-state index in [-0.39, 0.29) is 5.91 Å². The largest absolute Gasteiger partial charge is 0.306 e. The summed E-state index contributed by atoms with van der Waals surface area (Å²) in [6.07, 6.45) is 4.78. The minimum atomic E-state index is -0.262. The van der Waals surface area contributed by atoms with E-state index in [4.69, 9.17) is 0 Å². The number of amides is 1. The lowest BCUT2D eigenvalue weighted by Crippen LogP contribution is -2.13. The van der Waals surface area contributed by atoms with Gasteiger partial charge in [0.2, 0.25) is 0 Å². The van der Waals surface area contributed by atoms with E-state index in [2.05, 4.69) is 36.2 Å². The van der Waals surface area contributed by atoms with Crippen molar-refractivity contribution in [2.75, 3.05) is 5.32 Å². The first-order valence-corrected chi connectivity index (χ1v) is 6.66. The number of hydrogen-bond acceptors (Lipinski definition) is 4. The van der Waals surface area contributed by atoms with E-state index in [9.17, 15) is 4.79 Å². The Balaban J connectivity index is 1.97. The van der Waals surface area contributed by atoms with Crippen LogP contribution in [0.2, 0.25) is 0 Å². The van der Waals surface area contributed by atoms with Gasteiger partial charge in [0.05, 0.1) is 11.1 Å². The number of anilines is 1. The monoisotopic (exact) mass is 328 g/mol. The number of nitrogens with zero attached hydrogens (tertiary/aromatic N) is 3. The fourth-order valence-electron chi connectivity index (χ4n) is 1.83. The number of carbonyl (C=O) groups is 1. The molecule has 2 heterocycles. The van der Waals surface area contributed by atoms with Gasteiger partial charge in [-0.15, -0.1) is 0 Å². The van der Waals surface area contributed by atoms with Gasteiger partial charge in [0.1, 0.15) is 11.3 Å². The third-order valence-corrected chi connectivity index (χ3v) is 3.20. The van der Waals surface area contributed by atoms with Crippen molar-refractivity contribution < 1.29 is 4.79 Å². The fraction of sp³-hybridized carbons (Fsp3) is 0. The van der Waals surface area contributed by atoms with Gasteiger partial charge in [0, 0.05) is 23.1 Å². The molecule has 0 saturated heterocycles. The summed E-state index contributed by atoms with van der Waals surface area (Å²) in [4.78, 5) is 24.8. The molecular weight excluding hydrogens is 320 g/mol. The molecule has 2 aromatic heterocycles. The third-order valence-electron chi connectivity index (χ3n) is 2.71. The zero-order valence-corrected chi connectivity index (χ0v) is 11.8. The molecular formula is C14H9BrN4O. The van der Waals surface area contributed by atoms with E-state index in [1.54, 1.807) is 42.9 Å². The van der Waals surface area contributed by atoms with E-state index in [1.807, 2.05) is 6.07 Å². The summed E-state index contributed by atoms with van der Waals surface area (Å²) < 4.78 is 0.848. The zero-order valence-electron chi connectivity index (χ0n) is 10.2. The molecule has 0 bridgehead atoms. The molecule has 0 aliphatic carbocycles. The van der Waals surface area contributed by atoms with Crippen molar-refractivity contribution in [2.24, 2.45) is 0 Å². The van der Waals surface area contributed by atoms with Crippen molar-refractivity contribution in [3.05, 3.63) is 59.0 Å². The van der Waals surface area contributed by atoms with Gasteiger partial charge in [-0.05, 0) is 24.3 Å². The van der Waals surface area contributed by atoms with Gasteiger partial charge < -0.3 is 5.32 Å². The van der Waals surface area contributed by atoms with Crippen LogP contribution in [0.25, 0.3) is 11.0 Å². The molecule has 0 aliphatic rings. The van der Waals surface area contributed by atoms with Gasteiger partial charge in [-0.2, -0.15) is 0 Å². The lowest BCUT2D eigenvalue weighted by atomic mass is 10.1. The number of halogens is 1. The second kappa shape index (κ2) is 5.34. The molecule has 5 nitrogen and oxygen atoms in total. The van der Waals surface area contributed by atoms with Crippen molar-refractivity contribution >= 4 is 38.7 Å². The lowest BCUT2D eigenvalue weighted by Gasteiger charge is -2.06. The zero-order chi connectivity index (χ0) is 13.9. The highest BCUT2D eigenvalue weighted by atomic mass is 79.9. The van der Waals surface area contributed by atoms with Gasteiger partial charge in [-0.1, -0.05) is 22.0 Å². The van der Waals surface area contributed by atoms with Gasteiger partial charge in [0.25, 0.3) is 5.91 Å². The topological polar surface area (TPSA) is 67.8 Å². The number of fused-ring (bicyclic) bond motifs is 1. The summed E-state index contributed by atoms with van der Waals surface area (Å²) in [6.45, 7) is 0. The van der Waals surface area contributed by atoms with Crippen molar-refractivity contribution in [1.82, 2.24) is 15.0 Å². The van der Waals surface area contributed by atoms with E-state index in [0.29, 0.717) is 22.4 Å². The predicted octanol–water partition coefficient (Wildman–Crippen LogP) is 3.04. The molecule has 3 rings (SSSR count). The van der Waals surface area contributed by atoms with Crippen LogP contribution in [-0.2, 0) is 0 Å². The lowest BCUT2D eigenvalue weighted by molar-refractivity contribution is 0.102. The molecule has 0 unspecified atom stereocenters. The first kappa shape index (κ1) is 12.7. The van der Waals surface area contributed by atoms with E-state index >= 15 is 0 Å². The van der Waals surface area contributed by atoms with E-state index in [0.717, 1.165) is 4.47 Å². The van der Waals surface area contributed by atoms with E-state index in [1.165, 1.54) is 0 Å².